The summed E-state index contributed by atoms with van der Waals surface area (Å²) in [5, 5.41) is 0. The van der Waals surface area contributed by atoms with E-state index in [2.05, 4.69) is 13.8 Å². The molecule has 0 amide bonds. The average molecular weight is 156 g/mol. The molecule has 1 nitrogen and oxygen atoms in total. The molecule has 1 heterocycles. The van der Waals surface area contributed by atoms with Gasteiger partial charge in [-0.15, -0.1) is 0 Å². The molecule has 0 aliphatic rings. The van der Waals surface area contributed by atoms with Crippen molar-refractivity contribution in [3.05, 3.63) is 24.2 Å². The number of hydrogen-bond donors (Lipinski definition) is 0. The van der Waals surface area contributed by atoms with E-state index < -0.39 is 0 Å². The molecule has 1 aromatic heterocycles. The molecule has 0 aromatic carbocycles. The first-order chi connectivity index (χ1) is 5.31. The van der Waals surface area contributed by atoms with E-state index in [9.17, 15) is 0 Å². The van der Waals surface area contributed by atoms with Gasteiger partial charge in [-0.3, -0.25) is 0 Å². The number of rotatable bonds is 0. The second-order valence-corrected chi connectivity index (χ2v) is 1.93. The predicted octanol–water partition coefficient (Wildman–Crippen LogP) is 4.03. The fraction of sp³-hybridized carbons (Fsp3) is 0.600. The largest absolute Gasteiger partial charge is 0.470 e. The lowest BCUT2D eigenvalue weighted by atomic mass is 10.5. The van der Waals surface area contributed by atoms with Crippen molar-refractivity contribution in [1.29, 1.82) is 0 Å². The minimum absolute atomic E-state index is 0.968. The van der Waals surface area contributed by atoms with Crippen LogP contribution in [0.5, 0.6) is 0 Å². The van der Waals surface area contributed by atoms with Crippen LogP contribution in [0.4, 0.5) is 0 Å². The first-order valence-electron chi connectivity index (χ1n) is 4.31. The molecule has 0 fully saturated rings. The first-order valence-corrected chi connectivity index (χ1v) is 4.31. The summed E-state index contributed by atoms with van der Waals surface area (Å²) in [7, 11) is 0. The second kappa shape index (κ2) is 12.0. The predicted molar refractivity (Wildman–Crippen MR) is 50.8 cm³/mol. The smallest absolute Gasteiger partial charge is 0.100 e. The lowest BCUT2D eigenvalue weighted by Crippen LogP contribution is -1.48. The van der Waals surface area contributed by atoms with Crippen LogP contribution in [0, 0.1) is 6.92 Å². The van der Waals surface area contributed by atoms with E-state index >= 15 is 0 Å². The maximum atomic E-state index is 4.83. The molecule has 0 saturated heterocycles. The van der Waals surface area contributed by atoms with Gasteiger partial charge < -0.3 is 4.42 Å². The molecule has 1 rings (SSSR count). The van der Waals surface area contributed by atoms with Gasteiger partial charge >= 0.3 is 0 Å². The number of furan rings is 1. The molecule has 1 heteroatoms. The van der Waals surface area contributed by atoms with E-state index in [1.807, 2.05) is 32.9 Å². The van der Waals surface area contributed by atoms with Gasteiger partial charge in [-0.1, -0.05) is 34.1 Å². The lowest BCUT2D eigenvalue weighted by molar-refractivity contribution is 0.534. The summed E-state index contributed by atoms with van der Waals surface area (Å²) < 4.78 is 4.83. The molecule has 0 aliphatic heterocycles. The third kappa shape index (κ3) is 12.5. The lowest BCUT2D eigenvalue weighted by Gasteiger charge is -1.69. The Balaban J connectivity index is 0. The molecule has 11 heavy (non-hydrogen) atoms. The summed E-state index contributed by atoms with van der Waals surface area (Å²) in [5.41, 5.74) is 0. The third-order valence-electron chi connectivity index (χ3n) is 0.663. The highest BCUT2D eigenvalue weighted by molar-refractivity contribution is 4.93. The molecule has 0 N–H and O–H groups in total. The molecule has 0 radical (unpaired) electrons. The van der Waals surface area contributed by atoms with Crippen molar-refractivity contribution in [2.24, 2.45) is 0 Å². The van der Waals surface area contributed by atoms with Gasteiger partial charge in [0.15, 0.2) is 0 Å². The van der Waals surface area contributed by atoms with Gasteiger partial charge in [0.2, 0.25) is 0 Å². The monoisotopic (exact) mass is 156 g/mol. The summed E-state index contributed by atoms with van der Waals surface area (Å²) in [6, 6.07) is 3.79. The fourth-order valence-corrected chi connectivity index (χ4v) is 0.361. The molecule has 0 saturated carbocycles. The van der Waals surface area contributed by atoms with E-state index in [0.717, 1.165) is 5.76 Å². The first kappa shape index (κ1) is 12.9. The zero-order valence-electron chi connectivity index (χ0n) is 8.35. The summed E-state index contributed by atoms with van der Waals surface area (Å²) in [6.45, 7) is 10.2. The molecule has 0 atom stereocenters. The van der Waals surface area contributed by atoms with E-state index in [-0.39, 0.29) is 0 Å². The van der Waals surface area contributed by atoms with Crippen molar-refractivity contribution in [2.45, 2.75) is 41.0 Å². The van der Waals surface area contributed by atoms with Crippen molar-refractivity contribution in [2.75, 3.05) is 0 Å². The van der Waals surface area contributed by atoms with Crippen LogP contribution < -0.4 is 0 Å². The van der Waals surface area contributed by atoms with Crippen molar-refractivity contribution in [3.8, 4) is 0 Å². The zero-order chi connectivity index (χ0) is 9.11. The van der Waals surface area contributed by atoms with Crippen LogP contribution in [0.2, 0.25) is 0 Å². The topological polar surface area (TPSA) is 13.1 Å². The van der Waals surface area contributed by atoms with E-state index in [1.54, 1.807) is 6.26 Å². The van der Waals surface area contributed by atoms with Gasteiger partial charge in [0, 0.05) is 0 Å². The van der Waals surface area contributed by atoms with Crippen LogP contribution in [-0.4, -0.2) is 0 Å². The van der Waals surface area contributed by atoms with Crippen molar-refractivity contribution in [1.82, 2.24) is 0 Å². The summed E-state index contributed by atoms with van der Waals surface area (Å²) in [4.78, 5) is 0. The number of aryl methyl sites for hydroxylation is 1. The van der Waals surface area contributed by atoms with Gasteiger partial charge in [-0.05, 0) is 19.1 Å². The van der Waals surface area contributed by atoms with Gasteiger partial charge in [-0.2, -0.15) is 0 Å². The Morgan fingerprint density at radius 3 is 1.82 bits per heavy atom. The Morgan fingerprint density at radius 2 is 1.73 bits per heavy atom. The quantitative estimate of drug-likeness (QED) is 0.552. The summed E-state index contributed by atoms with van der Waals surface area (Å²) in [5.74, 6) is 0.968. The maximum absolute atomic E-state index is 4.83. The van der Waals surface area contributed by atoms with E-state index in [1.165, 1.54) is 6.42 Å². The molecule has 66 valence electrons. The molecular formula is C10H20O. The van der Waals surface area contributed by atoms with Crippen molar-refractivity contribution >= 4 is 0 Å². The third-order valence-corrected chi connectivity index (χ3v) is 0.663. The molecular weight excluding hydrogens is 136 g/mol. The van der Waals surface area contributed by atoms with Crippen LogP contribution in [0.25, 0.3) is 0 Å². The molecule has 0 aliphatic carbocycles. The molecule has 0 bridgehead atoms. The van der Waals surface area contributed by atoms with Gasteiger partial charge in [0.05, 0.1) is 6.26 Å². The fourth-order valence-electron chi connectivity index (χ4n) is 0.361. The number of hydrogen-bond acceptors (Lipinski definition) is 1. The molecule has 0 spiro atoms. The highest BCUT2D eigenvalue weighted by Gasteiger charge is 1.75. The standard InChI is InChI=1S/C5H6O.C3H8.C2H6/c1-5-3-2-4-6-5;1-3-2;1-2/h2-4H,1H3;3H2,1-2H3;1-2H3. The Morgan fingerprint density at radius 1 is 1.27 bits per heavy atom. The normalized spacial score (nSPS) is 7.00. The highest BCUT2D eigenvalue weighted by atomic mass is 16.3. The molecule has 0 unspecified atom stereocenters. The average Bonchev–Trinajstić information content (AvgIpc) is 2.46. The Labute approximate surface area is 70.4 Å². The van der Waals surface area contributed by atoms with Gasteiger partial charge in [0.1, 0.15) is 5.76 Å². The summed E-state index contributed by atoms with van der Waals surface area (Å²) >= 11 is 0. The Kier molecular flexibility index (Phi) is 14.1. The van der Waals surface area contributed by atoms with Crippen LogP contribution in [-0.2, 0) is 0 Å². The van der Waals surface area contributed by atoms with Crippen LogP contribution >= 0.6 is 0 Å². The SMILES string of the molecule is CC.CCC.Cc1ccco1. The van der Waals surface area contributed by atoms with Crippen LogP contribution in [0.1, 0.15) is 39.9 Å². The van der Waals surface area contributed by atoms with E-state index in [4.69, 9.17) is 4.42 Å². The van der Waals surface area contributed by atoms with E-state index in [0.29, 0.717) is 0 Å². The Hall–Kier alpha value is -0.720. The van der Waals surface area contributed by atoms with Crippen LogP contribution in [0.3, 0.4) is 0 Å². The maximum Gasteiger partial charge on any atom is 0.100 e. The minimum Gasteiger partial charge on any atom is -0.470 e. The Bertz CT molecular complexity index is 119. The summed E-state index contributed by atoms with van der Waals surface area (Å²) in [6.07, 6.45) is 2.91. The zero-order valence-corrected chi connectivity index (χ0v) is 8.35. The van der Waals surface area contributed by atoms with Gasteiger partial charge in [-0.25, -0.2) is 0 Å². The second-order valence-electron chi connectivity index (χ2n) is 1.93. The highest BCUT2D eigenvalue weighted by Crippen LogP contribution is 1.93. The molecule has 1 aromatic rings. The van der Waals surface area contributed by atoms with Crippen LogP contribution in [0.15, 0.2) is 22.8 Å². The minimum atomic E-state index is 0.968. The van der Waals surface area contributed by atoms with Crippen molar-refractivity contribution < 1.29 is 4.42 Å². The van der Waals surface area contributed by atoms with Gasteiger partial charge in [0.25, 0.3) is 0 Å². The van der Waals surface area contributed by atoms with Crippen molar-refractivity contribution in [3.63, 3.8) is 0 Å².